The number of anilines is 1. The summed E-state index contributed by atoms with van der Waals surface area (Å²) < 4.78 is 23.6. The van der Waals surface area contributed by atoms with Crippen molar-refractivity contribution in [3.05, 3.63) is 89.0 Å². The molecule has 3 heterocycles. The van der Waals surface area contributed by atoms with Crippen molar-refractivity contribution in [1.29, 1.82) is 0 Å². The predicted octanol–water partition coefficient (Wildman–Crippen LogP) is 6.66. The van der Waals surface area contributed by atoms with E-state index in [-0.39, 0.29) is 16.5 Å². The van der Waals surface area contributed by atoms with Gasteiger partial charge in [-0.2, -0.15) is 0 Å². The molecule has 238 valence electrons. The summed E-state index contributed by atoms with van der Waals surface area (Å²) >= 11 is 2.69. The van der Waals surface area contributed by atoms with E-state index in [0.717, 1.165) is 12.0 Å². The molecule has 0 bridgehead atoms. The molecule has 4 aromatic rings. The second-order valence-electron chi connectivity index (χ2n) is 11.1. The van der Waals surface area contributed by atoms with Gasteiger partial charge >= 0.3 is 5.91 Å². The lowest BCUT2D eigenvalue weighted by atomic mass is 9.95. The van der Waals surface area contributed by atoms with Crippen molar-refractivity contribution >= 4 is 45.7 Å². The molecule has 10 nitrogen and oxygen atoms in total. The summed E-state index contributed by atoms with van der Waals surface area (Å²) in [4.78, 5) is 28.8. The van der Waals surface area contributed by atoms with E-state index in [0.29, 0.717) is 70.0 Å². The number of fused-ring (bicyclic) bond motifs is 1. The number of hydrogen-bond acceptors (Lipinski definition) is 11. The van der Waals surface area contributed by atoms with E-state index in [4.69, 9.17) is 18.9 Å². The number of carbonyl (C=O) groups excluding carboxylic acids is 2. The van der Waals surface area contributed by atoms with Crippen molar-refractivity contribution in [2.75, 3.05) is 31.8 Å². The third kappa shape index (κ3) is 6.54. The predicted molar refractivity (Wildman–Crippen MR) is 176 cm³/mol. The number of nitrogens with zero attached hydrogens (tertiary/aromatic N) is 3. The number of Topliss-reactive ketones (excluding diaryl/α,β-unsaturated/α-hetero) is 1. The molecule has 1 aromatic heterocycles. The molecule has 6 rings (SSSR count). The highest BCUT2D eigenvalue weighted by Gasteiger charge is 2.48. The number of ketones is 1. The molecule has 46 heavy (non-hydrogen) atoms. The van der Waals surface area contributed by atoms with E-state index in [1.54, 1.807) is 36.4 Å². The van der Waals surface area contributed by atoms with Gasteiger partial charge in [0.15, 0.2) is 27.3 Å². The molecule has 1 N–H and O–H groups in total. The molecule has 0 spiro atoms. The summed E-state index contributed by atoms with van der Waals surface area (Å²) in [6.45, 7) is 5.51. The van der Waals surface area contributed by atoms with Crippen molar-refractivity contribution in [1.82, 2.24) is 10.2 Å². The Morgan fingerprint density at radius 2 is 1.80 bits per heavy atom. The number of thioether (sulfide) groups is 1. The Morgan fingerprint density at radius 1 is 1.02 bits per heavy atom. The molecule has 0 saturated carbocycles. The van der Waals surface area contributed by atoms with Crippen LogP contribution in [0.25, 0.3) is 5.76 Å². The number of rotatable bonds is 11. The first-order valence-electron chi connectivity index (χ1n) is 14.9. The fourth-order valence-corrected chi connectivity index (χ4v) is 6.97. The van der Waals surface area contributed by atoms with Crippen molar-refractivity contribution in [2.45, 2.75) is 36.4 Å². The zero-order valence-corrected chi connectivity index (χ0v) is 27.2. The third-order valence-corrected chi connectivity index (χ3v) is 9.65. The summed E-state index contributed by atoms with van der Waals surface area (Å²) in [6.07, 6.45) is 0.863. The lowest BCUT2D eigenvalue weighted by molar-refractivity contribution is -0.132. The highest BCUT2D eigenvalue weighted by molar-refractivity contribution is 8.00. The molecule has 1 unspecified atom stereocenters. The van der Waals surface area contributed by atoms with Gasteiger partial charge in [0.1, 0.15) is 19.0 Å². The number of carbonyl (C=O) groups is 2. The van der Waals surface area contributed by atoms with E-state index in [1.165, 1.54) is 35.1 Å². The van der Waals surface area contributed by atoms with E-state index in [9.17, 15) is 14.7 Å². The van der Waals surface area contributed by atoms with Crippen molar-refractivity contribution in [3.63, 3.8) is 0 Å². The smallest absolute Gasteiger partial charge is 0.301 e. The van der Waals surface area contributed by atoms with Gasteiger partial charge in [0.05, 0.1) is 25.3 Å². The van der Waals surface area contributed by atoms with Gasteiger partial charge in [-0.25, -0.2) is 0 Å². The number of methoxy groups -OCH3 is 1. The molecule has 12 heteroatoms. The Kier molecular flexibility index (Phi) is 9.46. The number of aliphatic hydroxyl groups is 1. The monoisotopic (exact) mass is 659 g/mol. The summed E-state index contributed by atoms with van der Waals surface area (Å²) in [7, 11) is 1.53. The van der Waals surface area contributed by atoms with Crippen molar-refractivity contribution in [3.8, 4) is 23.0 Å². The van der Waals surface area contributed by atoms with E-state index in [1.807, 2.05) is 30.3 Å². The van der Waals surface area contributed by atoms with Crippen LogP contribution in [0.3, 0.4) is 0 Å². The van der Waals surface area contributed by atoms with Gasteiger partial charge in [-0.3, -0.25) is 14.5 Å². The second kappa shape index (κ2) is 13.8. The van der Waals surface area contributed by atoms with Gasteiger partial charge in [0, 0.05) is 11.3 Å². The lowest BCUT2D eigenvalue weighted by Crippen LogP contribution is -2.29. The molecule has 1 saturated heterocycles. The minimum atomic E-state index is -1.02. The summed E-state index contributed by atoms with van der Waals surface area (Å²) in [5, 5.41) is 20.5. The van der Waals surface area contributed by atoms with Gasteiger partial charge in [0.2, 0.25) is 5.13 Å². The van der Waals surface area contributed by atoms with Crippen molar-refractivity contribution < 1.29 is 33.6 Å². The fraction of sp³-hybridized carbons (Fsp3) is 0.294. The molecule has 1 amide bonds. The Morgan fingerprint density at radius 3 is 2.57 bits per heavy atom. The van der Waals surface area contributed by atoms with Crippen LogP contribution in [-0.4, -0.2) is 53.9 Å². The Bertz CT molecular complexity index is 1770. The van der Waals surface area contributed by atoms with Crippen LogP contribution in [0, 0.1) is 5.92 Å². The number of ether oxygens (including phenoxy) is 4. The van der Waals surface area contributed by atoms with Crippen LogP contribution in [0.1, 0.15) is 43.0 Å². The first-order chi connectivity index (χ1) is 22.3. The number of aromatic nitrogens is 2. The standard InChI is InChI=1S/C34H33N3O7S2/c1-20(2)13-14-42-24-11-9-22(17-26(24)41-3)29-28(30(38)23-10-12-25-27(18-23)44-16-15-43-25)31(39)32(40)37(29)33-35-36-34(46-33)45-19-21-7-5-4-6-8-21/h4-12,17-18,20,29,38H,13-16,19H2,1-3H3/b30-28+. The van der Waals surface area contributed by atoms with Gasteiger partial charge < -0.3 is 24.1 Å². The van der Waals surface area contributed by atoms with Crippen LogP contribution >= 0.6 is 23.1 Å². The van der Waals surface area contributed by atoms with Gasteiger partial charge in [0.25, 0.3) is 5.78 Å². The highest BCUT2D eigenvalue weighted by Crippen LogP contribution is 2.46. The maximum atomic E-state index is 13.8. The maximum Gasteiger partial charge on any atom is 0.301 e. The highest BCUT2D eigenvalue weighted by atomic mass is 32.2. The Hall–Kier alpha value is -4.55. The number of hydrogen-bond donors (Lipinski definition) is 1. The van der Waals surface area contributed by atoms with Gasteiger partial charge in [-0.15, -0.1) is 10.2 Å². The lowest BCUT2D eigenvalue weighted by Gasteiger charge is -2.24. The zero-order chi connectivity index (χ0) is 32.2. The van der Waals surface area contributed by atoms with Crippen LogP contribution in [0.5, 0.6) is 23.0 Å². The maximum absolute atomic E-state index is 13.8. The Labute approximate surface area is 275 Å². The van der Waals surface area contributed by atoms with E-state index < -0.39 is 17.7 Å². The summed E-state index contributed by atoms with van der Waals surface area (Å²) in [5.74, 6) is 1.06. The molecule has 3 aromatic carbocycles. The molecular formula is C34H33N3O7S2. The second-order valence-corrected chi connectivity index (χ2v) is 13.3. The van der Waals surface area contributed by atoms with Crippen LogP contribution < -0.4 is 23.8 Å². The fourth-order valence-electron chi connectivity index (χ4n) is 5.15. The largest absolute Gasteiger partial charge is 0.507 e. The van der Waals surface area contributed by atoms with Crippen LogP contribution in [0.2, 0.25) is 0 Å². The van der Waals surface area contributed by atoms with Crippen LogP contribution in [-0.2, 0) is 15.3 Å². The topological polar surface area (TPSA) is 120 Å². The molecule has 0 aliphatic carbocycles. The van der Waals surface area contributed by atoms with Gasteiger partial charge in [-0.05, 0) is 53.8 Å². The first-order valence-corrected chi connectivity index (χ1v) is 16.7. The quantitative estimate of drug-likeness (QED) is 0.0615. The van der Waals surface area contributed by atoms with Crippen molar-refractivity contribution in [2.24, 2.45) is 5.92 Å². The van der Waals surface area contributed by atoms with E-state index in [2.05, 4.69) is 24.0 Å². The minimum Gasteiger partial charge on any atom is -0.507 e. The molecule has 2 aliphatic rings. The summed E-state index contributed by atoms with van der Waals surface area (Å²) in [6, 6.07) is 19.1. The normalized spacial score (nSPS) is 17.0. The molecular weight excluding hydrogens is 627 g/mol. The Balaban J connectivity index is 1.40. The first kappa shape index (κ1) is 31.4. The molecule has 2 aliphatic heterocycles. The summed E-state index contributed by atoms with van der Waals surface area (Å²) in [5.41, 5.74) is 1.86. The number of amides is 1. The van der Waals surface area contributed by atoms with Crippen LogP contribution in [0.15, 0.2) is 76.6 Å². The van der Waals surface area contributed by atoms with E-state index >= 15 is 0 Å². The third-order valence-electron chi connectivity index (χ3n) is 7.52. The SMILES string of the molecule is COc1cc(C2/C(=C(\O)c3ccc4c(c3)OCCO4)C(=O)C(=O)N2c2nnc(SCc3ccccc3)s2)ccc1OCCC(C)C. The average molecular weight is 660 g/mol. The average Bonchev–Trinajstić information content (AvgIpc) is 3.65. The number of benzene rings is 3. The number of aliphatic hydroxyl groups excluding tert-OH is 1. The zero-order valence-electron chi connectivity index (χ0n) is 25.6. The molecule has 0 radical (unpaired) electrons. The minimum absolute atomic E-state index is 0.0918. The van der Waals surface area contributed by atoms with Crippen LogP contribution in [0.4, 0.5) is 5.13 Å². The van der Waals surface area contributed by atoms with Gasteiger partial charge in [-0.1, -0.05) is 73.3 Å². The molecule has 1 atom stereocenters. The molecule has 1 fully saturated rings.